The first kappa shape index (κ1) is 14.1. The molecule has 0 aromatic heterocycles. The van der Waals surface area contributed by atoms with E-state index in [2.05, 4.69) is 21.2 Å². The first-order chi connectivity index (χ1) is 7.95. The van der Waals surface area contributed by atoms with E-state index in [0.29, 0.717) is 10.9 Å². The molecule has 0 saturated carbocycles. The molecule has 3 N–H and O–H groups in total. The predicted octanol–water partition coefficient (Wildman–Crippen LogP) is 2.38. The number of benzene rings is 1. The molecule has 1 unspecified atom stereocenters. The molecule has 17 heavy (non-hydrogen) atoms. The Kier molecular flexibility index (Phi) is 5.02. The van der Waals surface area contributed by atoms with Crippen LogP contribution in [-0.4, -0.2) is 16.9 Å². The minimum absolute atomic E-state index is 0.0333. The Hall–Kier alpha value is -1.01. The van der Waals surface area contributed by atoms with Gasteiger partial charge in [0.25, 0.3) is 5.91 Å². The van der Waals surface area contributed by atoms with Crippen LogP contribution in [0.25, 0.3) is 0 Å². The van der Waals surface area contributed by atoms with Crippen LogP contribution in [0.3, 0.4) is 0 Å². The number of halogens is 2. The van der Waals surface area contributed by atoms with Gasteiger partial charge in [-0.15, -0.1) is 0 Å². The number of carbonyl (C=O) groups excluding carboxylic acids is 1. The molecule has 0 spiro atoms. The summed E-state index contributed by atoms with van der Waals surface area (Å²) in [6.45, 7) is 1.83. The van der Waals surface area contributed by atoms with E-state index in [1.54, 1.807) is 0 Å². The number of amides is 1. The fraction of sp³-hybridized carbons (Fsp3) is 0.273. The molecule has 1 aromatic carbocycles. The topological polar surface area (TPSA) is 55.1 Å². The van der Waals surface area contributed by atoms with Crippen molar-refractivity contribution in [3.8, 4) is 0 Å². The van der Waals surface area contributed by atoms with E-state index in [-0.39, 0.29) is 10.6 Å². The van der Waals surface area contributed by atoms with E-state index < -0.39 is 17.8 Å². The van der Waals surface area contributed by atoms with Crippen molar-refractivity contribution in [3.63, 3.8) is 0 Å². The number of hydrogen-bond acceptors (Lipinski definition) is 2. The van der Waals surface area contributed by atoms with Gasteiger partial charge in [0.1, 0.15) is 5.82 Å². The highest BCUT2D eigenvalue weighted by Gasteiger charge is 2.17. The lowest BCUT2D eigenvalue weighted by Crippen LogP contribution is -2.43. The maximum Gasteiger partial charge on any atom is 0.254 e. The molecule has 0 aliphatic heterocycles. The van der Waals surface area contributed by atoms with Gasteiger partial charge in [0.2, 0.25) is 0 Å². The Morgan fingerprint density at radius 2 is 2.29 bits per heavy atom. The van der Waals surface area contributed by atoms with E-state index in [9.17, 15) is 9.18 Å². The van der Waals surface area contributed by atoms with Crippen molar-refractivity contribution in [1.29, 1.82) is 0 Å². The van der Waals surface area contributed by atoms with E-state index in [4.69, 9.17) is 18.0 Å². The first-order valence-electron chi connectivity index (χ1n) is 5.01. The third-order valence-electron chi connectivity index (χ3n) is 2.23. The summed E-state index contributed by atoms with van der Waals surface area (Å²) in [6, 6.07) is 3.74. The van der Waals surface area contributed by atoms with Crippen molar-refractivity contribution in [2.45, 2.75) is 19.4 Å². The normalized spacial score (nSPS) is 11.9. The Bertz CT molecular complexity index is 453. The van der Waals surface area contributed by atoms with Crippen molar-refractivity contribution in [2.24, 2.45) is 5.73 Å². The second-order valence-electron chi connectivity index (χ2n) is 3.46. The summed E-state index contributed by atoms with van der Waals surface area (Å²) in [7, 11) is 0. The molecule has 0 saturated heterocycles. The maximum atomic E-state index is 13.4. The van der Waals surface area contributed by atoms with E-state index in [0.717, 1.165) is 0 Å². The molecular formula is C11H12BrFN2OS. The maximum absolute atomic E-state index is 13.4. The van der Waals surface area contributed by atoms with Crippen LogP contribution in [0.1, 0.15) is 23.7 Å². The van der Waals surface area contributed by atoms with Gasteiger partial charge in [0.05, 0.1) is 16.6 Å². The zero-order valence-corrected chi connectivity index (χ0v) is 11.6. The third kappa shape index (κ3) is 3.74. The molecule has 1 aromatic rings. The SMILES string of the molecule is CCC(NC(=O)c1cc(Br)ccc1F)C(N)=S. The highest BCUT2D eigenvalue weighted by molar-refractivity contribution is 9.10. The molecule has 92 valence electrons. The molecule has 0 aliphatic rings. The van der Waals surface area contributed by atoms with Crippen molar-refractivity contribution >= 4 is 39.0 Å². The fourth-order valence-electron chi connectivity index (χ4n) is 1.28. The molecule has 1 atom stereocenters. The quantitative estimate of drug-likeness (QED) is 0.838. The molecular weight excluding hydrogens is 307 g/mol. The summed E-state index contributed by atoms with van der Waals surface area (Å²) in [5.41, 5.74) is 5.42. The van der Waals surface area contributed by atoms with Crippen LogP contribution in [0.5, 0.6) is 0 Å². The lowest BCUT2D eigenvalue weighted by molar-refractivity contribution is 0.0942. The van der Waals surface area contributed by atoms with Gasteiger partial charge in [-0.05, 0) is 24.6 Å². The smallest absolute Gasteiger partial charge is 0.254 e. The van der Waals surface area contributed by atoms with Crippen LogP contribution >= 0.6 is 28.1 Å². The molecule has 3 nitrogen and oxygen atoms in total. The predicted molar refractivity (Wildman–Crippen MR) is 72.4 cm³/mol. The lowest BCUT2D eigenvalue weighted by atomic mass is 10.1. The summed E-state index contributed by atoms with van der Waals surface area (Å²) >= 11 is 7.98. The summed E-state index contributed by atoms with van der Waals surface area (Å²) in [5, 5.41) is 2.58. The van der Waals surface area contributed by atoms with Crippen LogP contribution in [0, 0.1) is 5.82 Å². The zero-order chi connectivity index (χ0) is 13.0. The van der Waals surface area contributed by atoms with Crippen LogP contribution < -0.4 is 11.1 Å². The van der Waals surface area contributed by atoms with E-state index in [1.807, 2.05) is 6.92 Å². The minimum atomic E-state index is -0.580. The molecule has 0 fully saturated rings. The first-order valence-corrected chi connectivity index (χ1v) is 6.21. The summed E-state index contributed by atoms with van der Waals surface area (Å²) in [6.07, 6.45) is 0.566. The van der Waals surface area contributed by atoms with Gasteiger partial charge in [0, 0.05) is 4.47 Å². The van der Waals surface area contributed by atoms with Crippen LogP contribution in [0.4, 0.5) is 4.39 Å². The van der Waals surface area contributed by atoms with Gasteiger partial charge >= 0.3 is 0 Å². The second-order valence-corrected chi connectivity index (χ2v) is 4.85. The molecule has 0 radical (unpaired) electrons. The second kappa shape index (κ2) is 6.07. The van der Waals surface area contributed by atoms with Gasteiger partial charge < -0.3 is 11.1 Å². The van der Waals surface area contributed by atoms with Crippen LogP contribution in [0.15, 0.2) is 22.7 Å². The molecule has 0 heterocycles. The largest absolute Gasteiger partial charge is 0.392 e. The van der Waals surface area contributed by atoms with Crippen molar-refractivity contribution in [1.82, 2.24) is 5.32 Å². The molecule has 6 heteroatoms. The highest BCUT2D eigenvalue weighted by Crippen LogP contribution is 2.15. The molecule has 1 rings (SSSR count). The standard InChI is InChI=1S/C11H12BrFN2OS/c1-2-9(10(14)17)15-11(16)7-5-6(12)3-4-8(7)13/h3-5,9H,2H2,1H3,(H2,14,17)(H,15,16). The van der Waals surface area contributed by atoms with Crippen molar-refractivity contribution in [3.05, 3.63) is 34.1 Å². The van der Waals surface area contributed by atoms with Crippen LogP contribution in [-0.2, 0) is 0 Å². The number of nitrogens with two attached hydrogens (primary N) is 1. The third-order valence-corrected chi connectivity index (χ3v) is 3.01. The zero-order valence-electron chi connectivity index (χ0n) is 9.17. The lowest BCUT2D eigenvalue weighted by Gasteiger charge is -2.15. The average Bonchev–Trinajstić information content (AvgIpc) is 2.28. The number of nitrogens with one attached hydrogen (secondary N) is 1. The molecule has 0 aliphatic carbocycles. The average molecular weight is 319 g/mol. The Morgan fingerprint density at radius 1 is 1.65 bits per heavy atom. The summed E-state index contributed by atoms with van der Waals surface area (Å²) < 4.78 is 14.1. The van der Waals surface area contributed by atoms with Crippen molar-refractivity contribution in [2.75, 3.05) is 0 Å². The highest BCUT2D eigenvalue weighted by atomic mass is 79.9. The fourth-order valence-corrected chi connectivity index (χ4v) is 1.87. The summed E-state index contributed by atoms with van der Waals surface area (Å²) in [4.78, 5) is 12.0. The summed E-state index contributed by atoms with van der Waals surface area (Å²) in [5.74, 6) is -1.10. The number of rotatable bonds is 4. The van der Waals surface area contributed by atoms with E-state index >= 15 is 0 Å². The van der Waals surface area contributed by atoms with Gasteiger partial charge in [-0.1, -0.05) is 35.1 Å². The van der Waals surface area contributed by atoms with Gasteiger partial charge in [-0.2, -0.15) is 0 Å². The number of hydrogen-bond donors (Lipinski definition) is 2. The van der Waals surface area contributed by atoms with Gasteiger partial charge in [-0.3, -0.25) is 4.79 Å². The van der Waals surface area contributed by atoms with Crippen LogP contribution in [0.2, 0.25) is 0 Å². The number of carbonyl (C=O) groups is 1. The Labute approximate surface area is 113 Å². The molecule has 1 amide bonds. The number of thiocarbonyl (C=S) groups is 1. The van der Waals surface area contributed by atoms with Gasteiger partial charge in [-0.25, -0.2) is 4.39 Å². The van der Waals surface area contributed by atoms with Gasteiger partial charge in [0.15, 0.2) is 0 Å². The Morgan fingerprint density at radius 3 is 2.82 bits per heavy atom. The minimum Gasteiger partial charge on any atom is -0.392 e. The van der Waals surface area contributed by atoms with Crippen molar-refractivity contribution < 1.29 is 9.18 Å². The monoisotopic (exact) mass is 318 g/mol. The molecule has 0 bridgehead atoms. The van der Waals surface area contributed by atoms with E-state index in [1.165, 1.54) is 18.2 Å². The Balaban J connectivity index is 2.89.